The minimum Gasteiger partial charge on any atom is -0.493 e. The Bertz CT molecular complexity index is 2140. The summed E-state index contributed by atoms with van der Waals surface area (Å²) in [4.78, 5) is 24.8. The Balaban J connectivity index is 1.22. The number of aryl methyl sites for hydroxylation is 1. The van der Waals surface area contributed by atoms with E-state index in [1.165, 1.54) is 22.3 Å². The third-order valence-electron chi connectivity index (χ3n) is 9.13. The molecule has 6 aromatic carbocycles. The molecule has 7 heteroatoms. The zero-order chi connectivity index (χ0) is 39.1. The van der Waals surface area contributed by atoms with E-state index in [1.54, 1.807) is 0 Å². The number of hydrogen-bond donors (Lipinski definition) is 0. The number of carbonyl (C=O) groups is 2. The van der Waals surface area contributed by atoms with Crippen LogP contribution in [0.2, 0.25) is 0 Å². The molecule has 0 N–H and O–H groups in total. The lowest BCUT2D eigenvalue weighted by atomic mass is 9.96. The summed E-state index contributed by atoms with van der Waals surface area (Å²) in [7, 11) is 0. The molecule has 0 aliphatic heterocycles. The monoisotopic (exact) mass is 743 g/mol. The summed E-state index contributed by atoms with van der Waals surface area (Å²) in [6.07, 6.45) is 3.43. The third kappa shape index (κ3) is 10.4. The van der Waals surface area contributed by atoms with E-state index in [2.05, 4.69) is 116 Å². The molecule has 0 aromatic heterocycles. The molecular formula is C49H45NO6. The van der Waals surface area contributed by atoms with Gasteiger partial charge in [-0.1, -0.05) is 98.1 Å². The van der Waals surface area contributed by atoms with Crippen molar-refractivity contribution in [3.8, 4) is 44.9 Å². The van der Waals surface area contributed by atoms with E-state index in [9.17, 15) is 9.59 Å². The van der Waals surface area contributed by atoms with Gasteiger partial charge in [0.1, 0.15) is 11.5 Å². The lowest BCUT2D eigenvalue weighted by Crippen LogP contribution is -2.11. The molecule has 6 rings (SSSR count). The van der Waals surface area contributed by atoms with Crippen molar-refractivity contribution in [2.45, 2.75) is 19.8 Å². The van der Waals surface area contributed by atoms with Crippen molar-refractivity contribution in [3.05, 3.63) is 176 Å². The largest absolute Gasteiger partial charge is 0.493 e. The van der Waals surface area contributed by atoms with Crippen LogP contribution in [-0.4, -0.2) is 38.4 Å². The molecule has 0 heterocycles. The predicted octanol–water partition coefficient (Wildman–Crippen LogP) is 11.5. The number of benzene rings is 6. The first-order valence-electron chi connectivity index (χ1n) is 18.6. The van der Waals surface area contributed by atoms with Crippen LogP contribution in [-0.2, 0) is 19.1 Å². The van der Waals surface area contributed by atoms with Gasteiger partial charge in [0.2, 0.25) is 0 Å². The summed E-state index contributed by atoms with van der Waals surface area (Å²) in [6.45, 7) is 10.3. The Labute approximate surface area is 329 Å². The van der Waals surface area contributed by atoms with Crippen molar-refractivity contribution in [2.24, 2.45) is 0 Å². The molecule has 0 aliphatic rings. The first-order chi connectivity index (χ1) is 27.4. The topological polar surface area (TPSA) is 74.3 Å². The molecule has 0 saturated carbocycles. The highest BCUT2D eigenvalue weighted by atomic mass is 16.5. The quantitative estimate of drug-likeness (QED) is 0.0493. The second-order valence-electron chi connectivity index (χ2n) is 13.0. The number of ether oxygens (including phenoxy) is 4. The Kier molecular flexibility index (Phi) is 13.5. The van der Waals surface area contributed by atoms with E-state index in [4.69, 9.17) is 18.9 Å². The van der Waals surface area contributed by atoms with E-state index in [1.807, 2.05) is 54.6 Å². The number of anilines is 3. The molecule has 0 fully saturated rings. The molecule has 0 aliphatic carbocycles. The van der Waals surface area contributed by atoms with E-state index in [0.717, 1.165) is 45.9 Å². The molecule has 7 nitrogen and oxygen atoms in total. The highest BCUT2D eigenvalue weighted by Gasteiger charge is 2.16. The van der Waals surface area contributed by atoms with Crippen LogP contribution in [0, 0.1) is 6.92 Å². The zero-order valence-electron chi connectivity index (χ0n) is 31.6. The first kappa shape index (κ1) is 38.9. The lowest BCUT2D eigenvalue weighted by molar-refractivity contribution is -0.138. The van der Waals surface area contributed by atoms with E-state index < -0.39 is 11.9 Å². The molecule has 0 atom stereocenters. The summed E-state index contributed by atoms with van der Waals surface area (Å²) in [5, 5.41) is 0. The van der Waals surface area contributed by atoms with Crippen LogP contribution < -0.4 is 14.4 Å². The van der Waals surface area contributed by atoms with Crippen molar-refractivity contribution in [2.75, 3.05) is 31.3 Å². The SMILES string of the molecule is C=CC(=O)OCCCOc1ccc(N(c2ccc(OCCCOC(=O)C=C)cc2)c2ccc(C)c(-c3ccc(-c4ccc(-c5ccccc5)cc4)cc3)c2)cc1. The van der Waals surface area contributed by atoms with Gasteiger partial charge in [-0.05, 0) is 107 Å². The molecule has 0 saturated heterocycles. The van der Waals surface area contributed by atoms with Gasteiger partial charge < -0.3 is 23.8 Å². The number of rotatable bonds is 18. The lowest BCUT2D eigenvalue weighted by Gasteiger charge is -2.27. The number of carbonyl (C=O) groups excluding carboxylic acids is 2. The van der Waals surface area contributed by atoms with Crippen molar-refractivity contribution in [1.82, 2.24) is 0 Å². The van der Waals surface area contributed by atoms with Crippen molar-refractivity contribution >= 4 is 29.0 Å². The second kappa shape index (κ2) is 19.5. The van der Waals surface area contributed by atoms with Crippen LogP contribution in [0.1, 0.15) is 18.4 Å². The fourth-order valence-electron chi connectivity index (χ4n) is 6.18. The molecule has 56 heavy (non-hydrogen) atoms. The van der Waals surface area contributed by atoms with E-state index in [0.29, 0.717) is 37.6 Å². The van der Waals surface area contributed by atoms with Gasteiger partial charge in [0.25, 0.3) is 0 Å². The highest BCUT2D eigenvalue weighted by molar-refractivity contribution is 5.83. The smallest absolute Gasteiger partial charge is 0.330 e. The summed E-state index contributed by atoms with van der Waals surface area (Å²) in [5.74, 6) is 0.542. The molecule has 0 spiro atoms. The molecule has 0 amide bonds. The second-order valence-corrected chi connectivity index (χ2v) is 13.0. The normalized spacial score (nSPS) is 10.6. The zero-order valence-corrected chi connectivity index (χ0v) is 31.6. The average molecular weight is 744 g/mol. The van der Waals surface area contributed by atoms with Crippen molar-refractivity contribution < 1.29 is 28.5 Å². The summed E-state index contributed by atoms with van der Waals surface area (Å²) in [5.41, 5.74) is 11.0. The van der Waals surface area contributed by atoms with Crippen molar-refractivity contribution in [1.29, 1.82) is 0 Å². The fraction of sp³-hybridized carbons (Fsp3) is 0.143. The van der Waals surface area contributed by atoms with Crippen LogP contribution in [0.4, 0.5) is 17.1 Å². The van der Waals surface area contributed by atoms with Gasteiger partial charge in [-0.25, -0.2) is 9.59 Å². The van der Waals surface area contributed by atoms with Gasteiger partial charge in [-0.2, -0.15) is 0 Å². The molecule has 0 unspecified atom stereocenters. The van der Waals surface area contributed by atoms with Gasteiger partial charge >= 0.3 is 11.9 Å². The molecule has 282 valence electrons. The first-order valence-corrected chi connectivity index (χ1v) is 18.6. The van der Waals surface area contributed by atoms with Crippen molar-refractivity contribution in [3.63, 3.8) is 0 Å². The molecule has 0 radical (unpaired) electrons. The Morgan fingerprint density at radius 2 is 0.911 bits per heavy atom. The summed E-state index contributed by atoms with van der Waals surface area (Å²) in [6, 6.07) is 50.2. The van der Waals surface area contributed by atoms with Gasteiger partial charge in [0.05, 0.1) is 26.4 Å². The van der Waals surface area contributed by atoms with Gasteiger partial charge in [0, 0.05) is 42.1 Å². The standard InChI is InChI=1S/C49H45NO6/c1-4-48(51)55-33-9-31-53-45-27-23-42(24-28-45)50(43-25-29-46(30-26-43)54-32-10-34-56-49(52)5-2)44-22-13-36(3)47(35-44)41-20-18-40(19-21-41)39-16-14-38(15-17-39)37-11-7-6-8-12-37/h4-8,11-30,35H,1-2,9-10,31-34H2,3H3. The number of esters is 2. The number of nitrogens with zero attached hydrogens (tertiary/aromatic N) is 1. The van der Waals surface area contributed by atoms with Gasteiger partial charge in [-0.3, -0.25) is 0 Å². The molecular weight excluding hydrogens is 699 g/mol. The van der Waals surface area contributed by atoms with Gasteiger partial charge in [-0.15, -0.1) is 0 Å². The minimum atomic E-state index is -0.443. The maximum absolute atomic E-state index is 11.3. The molecule has 0 bridgehead atoms. The van der Waals surface area contributed by atoms with Crippen LogP contribution >= 0.6 is 0 Å². The van der Waals surface area contributed by atoms with E-state index in [-0.39, 0.29) is 13.2 Å². The minimum absolute atomic E-state index is 0.263. The fourth-order valence-corrected chi connectivity index (χ4v) is 6.18. The van der Waals surface area contributed by atoms with Crippen LogP contribution in [0.3, 0.4) is 0 Å². The third-order valence-corrected chi connectivity index (χ3v) is 9.13. The van der Waals surface area contributed by atoms with Crippen LogP contribution in [0.5, 0.6) is 11.5 Å². The maximum atomic E-state index is 11.3. The van der Waals surface area contributed by atoms with E-state index >= 15 is 0 Å². The average Bonchev–Trinajstić information content (AvgIpc) is 3.25. The molecule has 6 aromatic rings. The summed E-state index contributed by atoms with van der Waals surface area (Å²) < 4.78 is 22.0. The van der Waals surface area contributed by atoms with Gasteiger partial charge in [0.15, 0.2) is 0 Å². The predicted molar refractivity (Wildman–Crippen MR) is 225 cm³/mol. The Morgan fingerprint density at radius 3 is 1.36 bits per heavy atom. The number of hydrogen-bond acceptors (Lipinski definition) is 7. The Hall–Kier alpha value is -6.86. The summed E-state index contributed by atoms with van der Waals surface area (Å²) >= 11 is 0. The highest BCUT2D eigenvalue weighted by Crippen LogP contribution is 2.39. The Morgan fingerprint density at radius 1 is 0.500 bits per heavy atom. The van der Waals surface area contributed by atoms with Crippen LogP contribution in [0.15, 0.2) is 171 Å². The maximum Gasteiger partial charge on any atom is 0.330 e. The van der Waals surface area contributed by atoms with Crippen LogP contribution in [0.25, 0.3) is 33.4 Å².